The van der Waals surface area contributed by atoms with Crippen LogP contribution in [0.25, 0.3) is 0 Å². The van der Waals surface area contributed by atoms with E-state index < -0.39 is 0 Å². The molecule has 1 aromatic carbocycles. The van der Waals surface area contributed by atoms with Crippen LogP contribution in [0.5, 0.6) is 5.75 Å². The van der Waals surface area contributed by atoms with Gasteiger partial charge in [-0.1, -0.05) is 11.6 Å². The van der Waals surface area contributed by atoms with E-state index in [0.29, 0.717) is 19.3 Å². The molecule has 1 saturated heterocycles. The molecule has 1 atom stereocenters. The van der Waals surface area contributed by atoms with Gasteiger partial charge in [0.1, 0.15) is 5.75 Å². The Labute approximate surface area is 112 Å². The topological polar surface area (TPSA) is 30.5 Å². The number of hydrogen-bond acceptors (Lipinski definition) is 3. The van der Waals surface area contributed by atoms with E-state index in [4.69, 9.17) is 21.1 Å². The highest BCUT2D eigenvalue weighted by atomic mass is 35.5. The van der Waals surface area contributed by atoms with Gasteiger partial charge < -0.3 is 14.8 Å². The number of ether oxygens (including phenoxy) is 2. The smallest absolute Gasteiger partial charge is 0.189 e. The molecular weight excluding hydrogens is 250 g/mol. The first-order valence-corrected chi connectivity index (χ1v) is 6.93. The molecular formula is C14H18ClNO2. The number of benzene rings is 1. The van der Waals surface area contributed by atoms with Crippen molar-refractivity contribution in [2.45, 2.75) is 25.9 Å². The van der Waals surface area contributed by atoms with Gasteiger partial charge in [-0.05, 0) is 56.0 Å². The van der Waals surface area contributed by atoms with Crippen molar-refractivity contribution in [3.63, 3.8) is 0 Å². The predicted octanol–water partition coefficient (Wildman–Crippen LogP) is 2.75. The summed E-state index contributed by atoms with van der Waals surface area (Å²) in [6.07, 6.45) is 3.57. The molecule has 1 unspecified atom stereocenters. The van der Waals surface area contributed by atoms with Gasteiger partial charge in [-0.3, -0.25) is 0 Å². The second kappa shape index (κ2) is 5.47. The van der Waals surface area contributed by atoms with E-state index in [9.17, 15) is 0 Å². The van der Waals surface area contributed by atoms with E-state index in [2.05, 4.69) is 11.4 Å². The molecule has 0 saturated carbocycles. The van der Waals surface area contributed by atoms with Crippen LogP contribution >= 0.6 is 11.6 Å². The summed E-state index contributed by atoms with van der Waals surface area (Å²) in [6, 6.07) is 4.08. The number of halogens is 1. The average molecular weight is 268 g/mol. The monoisotopic (exact) mass is 267 g/mol. The van der Waals surface area contributed by atoms with Crippen molar-refractivity contribution in [3.05, 3.63) is 28.3 Å². The van der Waals surface area contributed by atoms with Crippen LogP contribution in [-0.4, -0.2) is 19.9 Å². The largest absolute Gasteiger partial charge is 0.467 e. The van der Waals surface area contributed by atoms with E-state index in [0.717, 1.165) is 35.8 Å². The molecule has 18 heavy (non-hydrogen) atoms. The fourth-order valence-electron chi connectivity index (χ4n) is 2.71. The van der Waals surface area contributed by atoms with Crippen LogP contribution in [0.1, 0.15) is 24.0 Å². The van der Waals surface area contributed by atoms with Crippen molar-refractivity contribution in [3.8, 4) is 5.75 Å². The van der Waals surface area contributed by atoms with E-state index in [-0.39, 0.29) is 0 Å². The van der Waals surface area contributed by atoms with Crippen molar-refractivity contribution < 1.29 is 9.47 Å². The molecule has 1 aromatic rings. The fourth-order valence-corrected chi connectivity index (χ4v) is 2.97. The lowest BCUT2D eigenvalue weighted by atomic mass is 9.92. The Kier molecular flexibility index (Phi) is 3.73. The molecule has 0 bridgehead atoms. The predicted molar refractivity (Wildman–Crippen MR) is 71.0 cm³/mol. The Morgan fingerprint density at radius 2 is 2.33 bits per heavy atom. The number of piperidine rings is 1. The van der Waals surface area contributed by atoms with Crippen LogP contribution in [0.4, 0.5) is 0 Å². The SMILES string of the molecule is Clc1cc2c(cc1CC1CCCNC1)OCOC2. The van der Waals surface area contributed by atoms with Gasteiger partial charge in [0.25, 0.3) is 0 Å². The van der Waals surface area contributed by atoms with Gasteiger partial charge >= 0.3 is 0 Å². The zero-order valence-corrected chi connectivity index (χ0v) is 11.1. The second-order valence-corrected chi connectivity index (χ2v) is 5.49. The van der Waals surface area contributed by atoms with Crippen molar-refractivity contribution in [2.24, 2.45) is 5.92 Å². The van der Waals surface area contributed by atoms with E-state index in [1.807, 2.05) is 6.07 Å². The molecule has 0 radical (unpaired) electrons. The van der Waals surface area contributed by atoms with Crippen LogP contribution < -0.4 is 10.1 Å². The minimum absolute atomic E-state index is 0.346. The third kappa shape index (κ3) is 2.63. The van der Waals surface area contributed by atoms with Crippen molar-refractivity contribution >= 4 is 11.6 Å². The lowest BCUT2D eigenvalue weighted by molar-refractivity contribution is -0.0164. The fraction of sp³-hybridized carbons (Fsp3) is 0.571. The molecule has 2 aliphatic rings. The Morgan fingerprint density at radius 1 is 1.39 bits per heavy atom. The molecule has 4 heteroatoms. The average Bonchev–Trinajstić information content (AvgIpc) is 2.41. The Bertz CT molecular complexity index is 430. The molecule has 2 heterocycles. The number of hydrogen-bond donors (Lipinski definition) is 1. The summed E-state index contributed by atoms with van der Waals surface area (Å²) >= 11 is 6.35. The maximum atomic E-state index is 6.35. The normalized spacial score (nSPS) is 23.3. The summed E-state index contributed by atoms with van der Waals surface area (Å²) in [5, 5.41) is 4.28. The van der Waals surface area contributed by atoms with Gasteiger partial charge in [0.05, 0.1) is 6.61 Å². The van der Waals surface area contributed by atoms with E-state index in [1.165, 1.54) is 18.4 Å². The maximum Gasteiger partial charge on any atom is 0.189 e. The molecule has 98 valence electrons. The molecule has 0 spiro atoms. The van der Waals surface area contributed by atoms with Gasteiger partial charge in [-0.2, -0.15) is 0 Å². The number of nitrogens with one attached hydrogen (secondary N) is 1. The van der Waals surface area contributed by atoms with Crippen molar-refractivity contribution in [1.29, 1.82) is 0 Å². The summed E-state index contributed by atoms with van der Waals surface area (Å²) < 4.78 is 10.8. The minimum atomic E-state index is 0.346. The van der Waals surface area contributed by atoms with Gasteiger partial charge in [-0.15, -0.1) is 0 Å². The molecule has 3 rings (SSSR count). The van der Waals surface area contributed by atoms with E-state index >= 15 is 0 Å². The quantitative estimate of drug-likeness (QED) is 0.894. The van der Waals surface area contributed by atoms with Crippen LogP contribution in [0.3, 0.4) is 0 Å². The van der Waals surface area contributed by atoms with Gasteiger partial charge in [0.2, 0.25) is 0 Å². The highest BCUT2D eigenvalue weighted by molar-refractivity contribution is 6.31. The summed E-state index contributed by atoms with van der Waals surface area (Å²) in [6.45, 7) is 3.19. The zero-order valence-electron chi connectivity index (χ0n) is 10.4. The first kappa shape index (κ1) is 12.3. The van der Waals surface area contributed by atoms with E-state index in [1.54, 1.807) is 0 Å². The third-order valence-corrected chi connectivity index (χ3v) is 4.04. The van der Waals surface area contributed by atoms with Crippen LogP contribution in [0.2, 0.25) is 5.02 Å². The Balaban J connectivity index is 1.78. The molecule has 1 N–H and O–H groups in total. The lowest BCUT2D eigenvalue weighted by Gasteiger charge is -2.24. The first-order chi connectivity index (χ1) is 8.83. The third-order valence-electron chi connectivity index (χ3n) is 3.69. The zero-order chi connectivity index (χ0) is 12.4. The van der Waals surface area contributed by atoms with Crippen LogP contribution in [0.15, 0.2) is 12.1 Å². The van der Waals surface area contributed by atoms with Gasteiger partial charge in [0.15, 0.2) is 6.79 Å². The highest BCUT2D eigenvalue weighted by Crippen LogP contribution is 2.32. The number of fused-ring (bicyclic) bond motifs is 1. The molecule has 2 aliphatic heterocycles. The molecule has 0 amide bonds. The van der Waals surface area contributed by atoms with Crippen LogP contribution in [-0.2, 0) is 17.8 Å². The van der Waals surface area contributed by atoms with Crippen LogP contribution in [0, 0.1) is 5.92 Å². The van der Waals surface area contributed by atoms with Gasteiger partial charge in [0, 0.05) is 10.6 Å². The summed E-state index contributed by atoms with van der Waals surface area (Å²) in [5.41, 5.74) is 2.25. The maximum absolute atomic E-state index is 6.35. The highest BCUT2D eigenvalue weighted by Gasteiger charge is 2.18. The lowest BCUT2D eigenvalue weighted by Crippen LogP contribution is -2.30. The molecule has 1 fully saturated rings. The summed E-state index contributed by atoms with van der Waals surface area (Å²) in [5.74, 6) is 1.62. The van der Waals surface area contributed by atoms with Crippen molar-refractivity contribution in [1.82, 2.24) is 5.32 Å². The molecule has 3 nitrogen and oxygen atoms in total. The van der Waals surface area contributed by atoms with Gasteiger partial charge in [-0.25, -0.2) is 0 Å². The standard InChI is InChI=1S/C14H18ClNO2/c15-13-5-12-8-17-9-18-14(12)6-11(13)4-10-2-1-3-16-7-10/h5-6,10,16H,1-4,7-9H2. The van der Waals surface area contributed by atoms with Crippen molar-refractivity contribution in [2.75, 3.05) is 19.9 Å². The number of rotatable bonds is 2. The summed E-state index contributed by atoms with van der Waals surface area (Å²) in [4.78, 5) is 0. The summed E-state index contributed by atoms with van der Waals surface area (Å²) in [7, 11) is 0. The molecule has 0 aliphatic carbocycles. The minimum Gasteiger partial charge on any atom is -0.467 e. The second-order valence-electron chi connectivity index (χ2n) is 5.08. The Morgan fingerprint density at radius 3 is 3.17 bits per heavy atom. The molecule has 0 aromatic heterocycles. The Hall–Kier alpha value is -0.770. The first-order valence-electron chi connectivity index (χ1n) is 6.55.